The largest absolute Gasteiger partial charge is 0.347 e. The third-order valence-corrected chi connectivity index (χ3v) is 4.06. The predicted octanol–water partition coefficient (Wildman–Crippen LogP) is 2.60. The second-order valence-electron chi connectivity index (χ2n) is 5.55. The highest BCUT2D eigenvalue weighted by molar-refractivity contribution is 5.94. The minimum Gasteiger partial charge on any atom is -0.347 e. The molecule has 1 aliphatic heterocycles. The van der Waals surface area contributed by atoms with Crippen LogP contribution in [0.4, 0.5) is 0 Å². The summed E-state index contributed by atoms with van der Waals surface area (Å²) in [5.74, 6) is 0.00776. The molecule has 1 aliphatic rings. The number of carbonyl (C=O) groups excluding carboxylic acids is 1. The smallest absolute Gasteiger partial charge is 0.268 e. The molecule has 0 bridgehead atoms. The molecule has 0 aliphatic carbocycles. The van der Waals surface area contributed by atoms with E-state index in [1.54, 1.807) is 0 Å². The van der Waals surface area contributed by atoms with Crippen LogP contribution in [-0.2, 0) is 7.05 Å². The van der Waals surface area contributed by atoms with Gasteiger partial charge in [0, 0.05) is 25.3 Å². The van der Waals surface area contributed by atoms with Gasteiger partial charge in [-0.15, -0.1) is 12.4 Å². The van der Waals surface area contributed by atoms with Gasteiger partial charge < -0.3 is 15.2 Å². The lowest BCUT2D eigenvalue weighted by Crippen LogP contribution is -2.45. The minimum absolute atomic E-state index is 0. The van der Waals surface area contributed by atoms with Crippen LogP contribution in [0, 0.1) is 0 Å². The Morgan fingerprint density at radius 1 is 1.23 bits per heavy atom. The van der Waals surface area contributed by atoms with Gasteiger partial charge in [0.15, 0.2) is 0 Å². The normalized spacial score (nSPS) is 17.6. The topological polar surface area (TPSA) is 46.1 Å². The first kappa shape index (κ1) is 16.6. The monoisotopic (exact) mass is 319 g/mol. The summed E-state index contributed by atoms with van der Waals surface area (Å²) in [6.07, 6.45) is 2.17. The summed E-state index contributed by atoms with van der Waals surface area (Å²) in [6.45, 7) is 1.91. The van der Waals surface area contributed by atoms with Gasteiger partial charge in [0.05, 0.1) is 0 Å². The van der Waals surface area contributed by atoms with E-state index in [9.17, 15) is 4.79 Å². The zero-order chi connectivity index (χ0) is 14.7. The molecule has 4 nitrogen and oxygen atoms in total. The molecule has 118 valence electrons. The highest BCUT2D eigenvalue weighted by atomic mass is 35.5. The van der Waals surface area contributed by atoms with Gasteiger partial charge in [0.1, 0.15) is 5.69 Å². The Kier molecular flexibility index (Phi) is 5.63. The molecular formula is C17H22ClN3O. The van der Waals surface area contributed by atoms with Crippen LogP contribution in [-0.4, -0.2) is 29.6 Å². The van der Waals surface area contributed by atoms with Gasteiger partial charge in [-0.1, -0.05) is 30.3 Å². The van der Waals surface area contributed by atoms with Crippen molar-refractivity contribution in [2.24, 2.45) is 7.05 Å². The van der Waals surface area contributed by atoms with Crippen molar-refractivity contribution < 1.29 is 4.79 Å². The van der Waals surface area contributed by atoms with Crippen molar-refractivity contribution in [3.05, 3.63) is 48.2 Å². The van der Waals surface area contributed by atoms with Gasteiger partial charge in [-0.25, -0.2) is 0 Å². The van der Waals surface area contributed by atoms with E-state index in [0.29, 0.717) is 5.69 Å². The lowest BCUT2D eigenvalue weighted by atomic mass is 10.1. The number of rotatable bonds is 3. The third-order valence-electron chi connectivity index (χ3n) is 4.06. The molecule has 0 unspecified atom stereocenters. The van der Waals surface area contributed by atoms with E-state index in [4.69, 9.17) is 0 Å². The van der Waals surface area contributed by atoms with Crippen molar-refractivity contribution in [2.75, 3.05) is 13.1 Å². The van der Waals surface area contributed by atoms with Crippen LogP contribution in [0.25, 0.3) is 11.3 Å². The van der Waals surface area contributed by atoms with Gasteiger partial charge in [-0.05, 0) is 37.1 Å². The van der Waals surface area contributed by atoms with Crippen LogP contribution >= 0.6 is 12.4 Å². The number of amides is 1. The average molecular weight is 320 g/mol. The number of hydrogen-bond donors (Lipinski definition) is 2. The Morgan fingerprint density at radius 2 is 2.00 bits per heavy atom. The fraction of sp³-hybridized carbons (Fsp3) is 0.353. The maximum Gasteiger partial charge on any atom is 0.268 e. The number of benzene rings is 1. The Labute approximate surface area is 137 Å². The van der Waals surface area contributed by atoms with Crippen molar-refractivity contribution in [3.8, 4) is 11.3 Å². The van der Waals surface area contributed by atoms with Gasteiger partial charge in [0.2, 0.25) is 0 Å². The number of piperidine rings is 1. The molecule has 0 spiro atoms. The summed E-state index contributed by atoms with van der Waals surface area (Å²) in [7, 11) is 1.94. The van der Waals surface area contributed by atoms with Gasteiger partial charge in [-0.2, -0.15) is 0 Å². The molecule has 1 fully saturated rings. The molecule has 2 aromatic rings. The second kappa shape index (κ2) is 7.47. The number of hydrogen-bond acceptors (Lipinski definition) is 2. The summed E-state index contributed by atoms with van der Waals surface area (Å²) in [6, 6.07) is 14.3. The van der Waals surface area contributed by atoms with E-state index < -0.39 is 0 Å². The van der Waals surface area contributed by atoms with E-state index >= 15 is 0 Å². The number of aromatic nitrogens is 1. The SMILES string of the molecule is Cl.Cn1c(C(=O)N[C@H]2CCCNC2)ccc1-c1ccccc1. The molecule has 2 heterocycles. The lowest BCUT2D eigenvalue weighted by molar-refractivity contribution is 0.0922. The number of nitrogens with one attached hydrogen (secondary N) is 2. The van der Waals surface area contributed by atoms with Gasteiger partial charge >= 0.3 is 0 Å². The minimum atomic E-state index is 0. The Balaban J connectivity index is 0.00000176. The summed E-state index contributed by atoms with van der Waals surface area (Å²) < 4.78 is 1.96. The number of nitrogens with zero attached hydrogens (tertiary/aromatic N) is 1. The van der Waals surface area contributed by atoms with Crippen LogP contribution in [0.15, 0.2) is 42.5 Å². The van der Waals surface area contributed by atoms with Crippen molar-refractivity contribution in [2.45, 2.75) is 18.9 Å². The highest BCUT2D eigenvalue weighted by Crippen LogP contribution is 2.21. The molecule has 1 atom stereocenters. The first-order valence-electron chi connectivity index (χ1n) is 7.48. The highest BCUT2D eigenvalue weighted by Gasteiger charge is 2.19. The first-order chi connectivity index (χ1) is 10.3. The van der Waals surface area contributed by atoms with E-state index in [0.717, 1.165) is 37.2 Å². The lowest BCUT2D eigenvalue weighted by Gasteiger charge is -2.23. The van der Waals surface area contributed by atoms with Crippen LogP contribution in [0.5, 0.6) is 0 Å². The third kappa shape index (κ3) is 3.51. The fourth-order valence-corrected chi connectivity index (χ4v) is 2.87. The van der Waals surface area contributed by atoms with Crippen molar-refractivity contribution >= 4 is 18.3 Å². The molecule has 1 aromatic carbocycles. The quantitative estimate of drug-likeness (QED) is 0.913. The number of carbonyl (C=O) groups is 1. The maximum atomic E-state index is 12.4. The van der Waals surface area contributed by atoms with Crippen LogP contribution in [0.3, 0.4) is 0 Å². The Hall–Kier alpha value is -1.78. The summed E-state index contributed by atoms with van der Waals surface area (Å²) in [5.41, 5.74) is 2.89. The summed E-state index contributed by atoms with van der Waals surface area (Å²) >= 11 is 0. The van der Waals surface area contributed by atoms with E-state index in [2.05, 4.69) is 22.8 Å². The maximum absolute atomic E-state index is 12.4. The van der Waals surface area contributed by atoms with E-state index in [1.807, 2.05) is 41.9 Å². The molecule has 0 saturated carbocycles. The van der Waals surface area contributed by atoms with Gasteiger partial charge in [-0.3, -0.25) is 4.79 Å². The zero-order valence-corrected chi connectivity index (χ0v) is 13.5. The molecule has 1 saturated heterocycles. The van der Waals surface area contributed by atoms with Crippen molar-refractivity contribution in [1.82, 2.24) is 15.2 Å². The Bertz CT molecular complexity index is 618. The van der Waals surface area contributed by atoms with E-state index in [1.165, 1.54) is 0 Å². The molecule has 1 amide bonds. The van der Waals surface area contributed by atoms with Gasteiger partial charge in [0.25, 0.3) is 5.91 Å². The van der Waals surface area contributed by atoms with Crippen LogP contribution in [0.1, 0.15) is 23.3 Å². The molecule has 2 N–H and O–H groups in total. The average Bonchev–Trinajstić information content (AvgIpc) is 2.91. The summed E-state index contributed by atoms with van der Waals surface area (Å²) in [5, 5.41) is 6.43. The molecular weight excluding hydrogens is 298 g/mol. The number of halogens is 1. The molecule has 0 radical (unpaired) electrons. The molecule has 1 aromatic heterocycles. The molecule has 22 heavy (non-hydrogen) atoms. The van der Waals surface area contributed by atoms with Crippen molar-refractivity contribution in [3.63, 3.8) is 0 Å². The van der Waals surface area contributed by atoms with E-state index in [-0.39, 0.29) is 24.4 Å². The van der Waals surface area contributed by atoms with Crippen LogP contribution < -0.4 is 10.6 Å². The predicted molar refractivity (Wildman–Crippen MR) is 91.5 cm³/mol. The molecule has 3 rings (SSSR count). The standard InChI is InChI=1S/C17H21N3O.ClH/c1-20-15(13-6-3-2-4-7-13)9-10-16(20)17(21)19-14-8-5-11-18-12-14;/h2-4,6-7,9-10,14,18H,5,8,11-12H2,1H3,(H,19,21);1H/t14-;/m0./s1. The fourth-order valence-electron chi connectivity index (χ4n) is 2.87. The Morgan fingerprint density at radius 3 is 2.68 bits per heavy atom. The van der Waals surface area contributed by atoms with Crippen LogP contribution in [0.2, 0.25) is 0 Å². The zero-order valence-electron chi connectivity index (χ0n) is 12.7. The summed E-state index contributed by atoms with van der Waals surface area (Å²) in [4.78, 5) is 12.4. The van der Waals surface area contributed by atoms with Crippen molar-refractivity contribution in [1.29, 1.82) is 0 Å². The first-order valence-corrected chi connectivity index (χ1v) is 7.48. The second-order valence-corrected chi connectivity index (χ2v) is 5.55. The molecule has 5 heteroatoms.